The van der Waals surface area contributed by atoms with Gasteiger partial charge in [0.25, 0.3) is 0 Å². The van der Waals surface area contributed by atoms with Crippen LogP contribution in [0, 0.1) is 13.8 Å². The smallest absolute Gasteiger partial charge is 0.167 e. The van der Waals surface area contributed by atoms with Crippen LogP contribution < -0.4 is 4.74 Å². The van der Waals surface area contributed by atoms with Gasteiger partial charge in [0.1, 0.15) is 10.9 Å². The molecule has 0 aliphatic carbocycles. The Balaban J connectivity index is 2.26. The Labute approximate surface area is 123 Å². The lowest BCUT2D eigenvalue weighted by Gasteiger charge is -2.07. The zero-order chi connectivity index (χ0) is 14.9. The Kier molecular flexibility index (Phi) is 4.14. The van der Waals surface area contributed by atoms with Gasteiger partial charge >= 0.3 is 0 Å². The molecule has 5 heteroatoms. The third-order valence-electron chi connectivity index (χ3n) is 3.32. The summed E-state index contributed by atoms with van der Waals surface area (Å²) in [4.78, 5) is 12.3. The van der Waals surface area contributed by atoms with Crippen LogP contribution in [0.5, 0.6) is 5.75 Å². The van der Waals surface area contributed by atoms with Gasteiger partial charge in [0.2, 0.25) is 0 Å². The van der Waals surface area contributed by atoms with Crippen LogP contribution in [-0.2, 0) is 13.5 Å². The molecular formula is C15H17ClN2O2. The van der Waals surface area contributed by atoms with Crippen molar-refractivity contribution in [2.24, 2.45) is 7.05 Å². The number of ether oxygens (including phenoxy) is 1. The number of aromatic nitrogens is 2. The van der Waals surface area contributed by atoms with Crippen molar-refractivity contribution in [3.63, 3.8) is 0 Å². The number of ketones is 1. The van der Waals surface area contributed by atoms with Crippen LogP contribution in [-0.4, -0.2) is 22.7 Å². The van der Waals surface area contributed by atoms with Crippen LogP contribution in [0.3, 0.4) is 0 Å². The molecule has 0 radical (unpaired) electrons. The molecule has 0 aliphatic rings. The lowest BCUT2D eigenvalue weighted by Crippen LogP contribution is -2.05. The summed E-state index contributed by atoms with van der Waals surface area (Å²) in [5.74, 6) is 0.797. The number of methoxy groups -OCH3 is 1. The van der Waals surface area contributed by atoms with E-state index < -0.39 is 0 Å². The molecule has 0 amide bonds. The summed E-state index contributed by atoms with van der Waals surface area (Å²) in [5.41, 5.74) is 3.17. The predicted molar refractivity (Wildman–Crippen MR) is 78.7 cm³/mol. The number of halogens is 1. The SMILES string of the molecule is COc1ccc(C(=O)Cc2c(C)nn(C)c2Cl)cc1C. The van der Waals surface area contributed by atoms with E-state index in [1.54, 1.807) is 31.0 Å². The van der Waals surface area contributed by atoms with Gasteiger partial charge in [-0.3, -0.25) is 9.48 Å². The molecule has 0 bridgehead atoms. The van der Waals surface area contributed by atoms with E-state index in [0.29, 0.717) is 10.7 Å². The molecule has 1 aromatic heterocycles. The van der Waals surface area contributed by atoms with Crippen molar-refractivity contribution in [3.8, 4) is 5.75 Å². The summed E-state index contributed by atoms with van der Waals surface area (Å²) >= 11 is 6.15. The second-order valence-electron chi connectivity index (χ2n) is 4.76. The molecule has 2 aromatic rings. The average Bonchev–Trinajstić information content (AvgIpc) is 2.65. The Hall–Kier alpha value is -1.81. The van der Waals surface area contributed by atoms with E-state index in [9.17, 15) is 4.79 Å². The highest BCUT2D eigenvalue weighted by Gasteiger charge is 2.16. The molecule has 0 saturated heterocycles. The first-order valence-electron chi connectivity index (χ1n) is 6.30. The standard InChI is InChI=1S/C15H17ClN2O2/c1-9-7-11(5-6-14(9)20-4)13(19)8-12-10(2)17-18(3)15(12)16/h5-7H,8H2,1-4H3. The summed E-state index contributed by atoms with van der Waals surface area (Å²) in [7, 11) is 3.38. The zero-order valence-corrected chi connectivity index (χ0v) is 12.8. The van der Waals surface area contributed by atoms with Crippen molar-refractivity contribution in [2.45, 2.75) is 20.3 Å². The third-order valence-corrected chi connectivity index (χ3v) is 3.80. The summed E-state index contributed by atoms with van der Waals surface area (Å²) in [6.45, 7) is 3.77. The first-order valence-corrected chi connectivity index (χ1v) is 6.67. The van der Waals surface area contributed by atoms with Crippen LogP contribution in [0.1, 0.15) is 27.2 Å². The summed E-state index contributed by atoms with van der Waals surface area (Å²) in [6.07, 6.45) is 0.254. The van der Waals surface area contributed by atoms with Crippen molar-refractivity contribution in [1.82, 2.24) is 9.78 Å². The van der Waals surface area contributed by atoms with E-state index in [1.807, 2.05) is 19.9 Å². The van der Waals surface area contributed by atoms with E-state index in [1.165, 1.54) is 0 Å². The molecule has 4 nitrogen and oxygen atoms in total. The van der Waals surface area contributed by atoms with Gasteiger partial charge in [-0.1, -0.05) is 11.6 Å². The van der Waals surface area contributed by atoms with Crippen LogP contribution in [0.2, 0.25) is 5.15 Å². The predicted octanol–water partition coefficient (Wildman–Crippen LogP) is 3.12. The highest BCUT2D eigenvalue weighted by atomic mass is 35.5. The van der Waals surface area contributed by atoms with Crippen molar-refractivity contribution < 1.29 is 9.53 Å². The maximum atomic E-state index is 12.3. The van der Waals surface area contributed by atoms with Crippen molar-refractivity contribution in [3.05, 3.63) is 45.7 Å². The lowest BCUT2D eigenvalue weighted by atomic mass is 10.0. The van der Waals surface area contributed by atoms with Crippen LogP contribution >= 0.6 is 11.6 Å². The molecular weight excluding hydrogens is 276 g/mol. The molecule has 0 aliphatic heterocycles. The van der Waals surface area contributed by atoms with Crippen LogP contribution in [0.15, 0.2) is 18.2 Å². The van der Waals surface area contributed by atoms with E-state index >= 15 is 0 Å². The van der Waals surface area contributed by atoms with Gasteiger partial charge in [0.15, 0.2) is 5.78 Å². The largest absolute Gasteiger partial charge is 0.496 e. The molecule has 0 atom stereocenters. The van der Waals surface area contributed by atoms with Gasteiger partial charge in [-0.25, -0.2) is 0 Å². The van der Waals surface area contributed by atoms with Crippen LogP contribution in [0.4, 0.5) is 0 Å². The highest BCUT2D eigenvalue weighted by Crippen LogP contribution is 2.23. The van der Waals surface area contributed by atoms with Gasteiger partial charge in [-0.2, -0.15) is 5.10 Å². The summed E-state index contributed by atoms with van der Waals surface area (Å²) in [6, 6.07) is 5.41. The van der Waals surface area contributed by atoms with Gasteiger partial charge in [0.05, 0.1) is 12.8 Å². The maximum absolute atomic E-state index is 12.3. The first kappa shape index (κ1) is 14.6. The minimum atomic E-state index is 0.0220. The van der Waals surface area contributed by atoms with Gasteiger partial charge < -0.3 is 4.74 Å². The molecule has 0 saturated carbocycles. The molecule has 1 aromatic carbocycles. The Morgan fingerprint density at radius 3 is 2.60 bits per heavy atom. The number of rotatable bonds is 4. The second kappa shape index (κ2) is 5.67. The zero-order valence-electron chi connectivity index (χ0n) is 12.0. The number of carbonyl (C=O) groups is 1. The molecule has 1 heterocycles. The number of carbonyl (C=O) groups excluding carboxylic acids is 1. The number of hydrogen-bond acceptors (Lipinski definition) is 3. The minimum absolute atomic E-state index is 0.0220. The fourth-order valence-electron chi connectivity index (χ4n) is 2.19. The van der Waals surface area contributed by atoms with Crippen molar-refractivity contribution >= 4 is 17.4 Å². The molecule has 0 spiro atoms. The fraction of sp³-hybridized carbons (Fsp3) is 0.333. The average molecular weight is 293 g/mol. The highest BCUT2D eigenvalue weighted by molar-refractivity contribution is 6.30. The summed E-state index contributed by atoms with van der Waals surface area (Å²) < 4.78 is 6.78. The van der Waals surface area contributed by atoms with Crippen LogP contribution in [0.25, 0.3) is 0 Å². The number of hydrogen-bond donors (Lipinski definition) is 0. The Morgan fingerprint density at radius 1 is 1.40 bits per heavy atom. The van der Waals surface area contributed by atoms with Gasteiger partial charge in [-0.05, 0) is 37.6 Å². The van der Waals surface area contributed by atoms with Crippen molar-refractivity contribution in [1.29, 1.82) is 0 Å². The molecule has 106 valence electrons. The molecule has 2 rings (SSSR count). The second-order valence-corrected chi connectivity index (χ2v) is 5.12. The Morgan fingerprint density at radius 2 is 2.10 bits per heavy atom. The quantitative estimate of drug-likeness (QED) is 0.813. The topological polar surface area (TPSA) is 44.1 Å². The number of Topliss-reactive ketones (excluding diaryl/α,β-unsaturated/α-hetero) is 1. The Bertz CT molecular complexity index is 662. The van der Waals surface area contributed by atoms with E-state index in [4.69, 9.17) is 16.3 Å². The van der Waals surface area contributed by atoms with Gasteiger partial charge in [-0.15, -0.1) is 0 Å². The number of benzene rings is 1. The fourth-order valence-corrected chi connectivity index (χ4v) is 2.43. The molecule has 0 N–H and O–H groups in total. The van der Waals surface area contributed by atoms with E-state index in [0.717, 1.165) is 22.6 Å². The third kappa shape index (κ3) is 2.70. The maximum Gasteiger partial charge on any atom is 0.167 e. The monoisotopic (exact) mass is 292 g/mol. The van der Waals surface area contributed by atoms with E-state index in [2.05, 4.69) is 5.10 Å². The summed E-state index contributed by atoms with van der Waals surface area (Å²) in [5, 5.41) is 4.73. The minimum Gasteiger partial charge on any atom is -0.496 e. The molecule has 20 heavy (non-hydrogen) atoms. The first-order chi connectivity index (χ1) is 9.43. The molecule has 0 fully saturated rings. The number of nitrogens with zero attached hydrogens (tertiary/aromatic N) is 2. The van der Waals surface area contributed by atoms with Crippen molar-refractivity contribution in [2.75, 3.05) is 7.11 Å². The lowest BCUT2D eigenvalue weighted by molar-refractivity contribution is 0.0992. The van der Waals surface area contributed by atoms with E-state index in [-0.39, 0.29) is 12.2 Å². The number of aryl methyl sites for hydroxylation is 3. The molecule has 0 unspecified atom stereocenters. The normalized spacial score (nSPS) is 10.7. The van der Waals surface area contributed by atoms with Gasteiger partial charge in [0, 0.05) is 24.6 Å².